The predicted molar refractivity (Wildman–Crippen MR) is 95.2 cm³/mol. The average Bonchev–Trinajstić information content (AvgIpc) is 2.83. The van der Waals surface area contributed by atoms with Gasteiger partial charge in [0.2, 0.25) is 0 Å². The van der Waals surface area contributed by atoms with Gasteiger partial charge in [0.1, 0.15) is 5.75 Å². The van der Waals surface area contributed by atoms with Gasteiger partial charge in [0.05, 0.1) is 16.2 Å². The van der Waals surface area contributed by atoms with E-state index in [1.165, 1.54) is 24.3 Å². The fourth-order valence-corrected chi connectivity index (χ4v) is 3.53. The highest BCUT2D eigenvalue weighted by molar-refractivity contribution is 8.27. The van der Waals surface area contributed by atoms with Crippen molar-refractivity contribution < 1.29 is 23.1 Å². The number of rotatable bonds is 2. The zero-order valence-corrected chi connectivity index (χ0v) is 14.1. The molecule has 1 N–H and O–H groups in total. The van der Waals surface area contributed by atoms with Crippen LogP contribution in [0.1, 0.15) is 11.1 Å². The Kier molecular flexibility index (Phi) is 4.57. The van der Waals surface area contributed by atoms with Gasteiger partial charge in [-0.25, -0.2) is 0 Å². The molecule has 0 spiro atoms. The van der Waals surface area contributed by atoms with Crippen LogP contribution >= 0.6 is 24.0 Å². The third kappa shape index (κ3) is 3.69. The van der Waals surface area contributed by atoms with Gasteiger partial charge >= 0.3 is 6.18 Å². The maximum Gasteiger partial charge on any atom is 0.416 e. The number of thiocarbonyl (C=S) groups is 1. The molecule has 0 saturated carbocycles. The van der Waals surface area contributed by atoms with Crippen LogP contribution in [0.25, 0.3) is 6.08 Å². The van der Waals surface area contributed by atoms with Gasteiger partial charge in [-0.2, -0.15) is 13.2 Å². The van der Waals surface area contributed by atoms with Crippen LogP contribution in [0.3, 0.4) is 0 Å². The molecule has 1 fully saturated rings. The Labute approximate surface area is 150 Å². The van der Waals surface area contributed by atoms with E-state index < -0.39 is 17.6 Å². The number of carbonyl (C=O) groups is 1. The van der Waals surface area contributed by atoms with Crippen LogP contribution in [-0.4, -0.2) is 15.3 Å². The van der Waals surface area contributed by atoms with E-state index in [4.69, 9.17) is 12.2 Å². The highest BCUT2D eigenvalue weighted by atomic mass is 32.2. The van der Waals surface area contributed by atoms with Crippen molar-refractivity contribution in [1.29, 1.82) is 0 Å². The van der Waals surface area contributed by atoms with Crippen LogP contribution in [0.2, 0.25) is 0 Å². The number of alkyl halides is 3. The lowest BCUT2D eigenvalue weighted by molar-refractivity contribution is -0.137. The first-order valence-electron chi connectivity index (χ1n) is 7.00. The van der Waals surface area contributed by atoms with Gasteiger partial charge < -0.3 is 5.11 Å². The number of thioether (sulfide) groups is 1. The lowest BCUT2D eigenvalue weighted by Crippen LogP contribution is -2.27. The van der Waals surface area contributed by atoms with E-state index in [1.807, 2.05) is 0 Å². The van der Waals surface area contributed by atoms with E-state index >= 15 is 0 Å². The molecule has 2 aromatic rings. The number of aromatic hydroxyl groups is 1. The molecular formula is C17H10F3NO2S2. The number of anilines is 1. The first-order chi connectivity index (χ1) is 11.8. The monoisotopic (exact) mass is 381 g/mol. The van der Waals surface area contributed by atoms with Crippen LogP contribution < -0.4 is 4.90 Å². The number of halogens is 3. The minimum Gasteiger partial charge on any atom is -0.508 e. The van der Waals surface area contributed by atoms with Gasteiger partial charge in [-0.3, -0.25) is 9.69 Å². The summed E-state index contributed by atoms with van der Waals surface area (Å²) < 4.78 is 38.8. The Hall–Kier alpha value is -2.32. The van der Waals surface area contributed by atoms with E-state index in [9.17, 15) is 23.1 Å². The van der Waals surface area contributed by atoms with E-state index in [2.05, 4.69) is 0 Å². The van der Waals surface area contributed by atoms with Gasteiger partial charge in [0, 0.05) is 0 Å². The molecule has 0 bridgehead atoms. The maximum atomic E-state index is 12.9. The third-order valence-electron chi connectivity index (χ3n) is 3.42. The quantitative estimate of drug-likeness (QED) is 0.598. The SMILES string of the molecule is O=C1/C(=C/c2ccc(O)cc2)SC(=S)N1c1cccc(C(F)(F)F)c1. The number of carbonyl (C=O) groups excluding carboxylic acids is 1. The molecule has 1 aliphatic heterocycles. The first kappa shape index (κ1) is 17.5. The first-order valence-corrected chi connectivity index (χ1v) is 8.22. The number of phenols is 1. The summed E-state index contributed by atoms with van der Waals surface area (Å²) in [5.41, 5.74) is -0.102. The van der Waals surface area contributed by atoms with Gasteiger partial charge in [-0.05, 0) is 42.0 Å². The lowest BCUT2D eigenvalue weighted by Gasteiger charge is -2.16. The summed E-state index contributed by atoms with van der Waals surface area (Å²) in [6, 6.07) is 10.7. The molecule has 3 nitrogen and oxygen atoms in total. The van der Waals surface area contributed by atoms with Crippen LogP contribution in [0.15, 0.2) is 53.4 Å². The second-order valence-corrected chi connectivity index (χ2v) is 6.83. The Morgan fingerprint density at radius 1 is 1.12 bits per heavy atom. The predicted octanol–water partition coefficient (Wildman–Crippen LogP) is 4.82. The molecule has 2 aromatic carbocycles. The van der Waals surface area contributed by atoms with Crippen molar-refractivity contribution in [2.24, 2.45) is 0 Å². The van der Waals surface area contributed by atoms with Crippen LogP contribution in [0.4, 0.5) is 18.9 Å². The van der Waals surface area contributed by atoms with E-state index in [1.54, 1.807) is 18.2 Å². The Morgan fingerprint density at radius 2 is 1.80 bits per heavy atom. The highest BCUT2D eigenvalue weighted by Crippen LogP contribution is 2.38. The minimum atomic E-state index is -4.50. The second kappa shape index (κ2) is 6.53. The van der Waals surface area contributed by atoms with Crippen molar-refractivity contribution in [3.05, 3.63) is 64.6 Å². The number of hydrogen-bond acceptors (Lipinski definition) is 4. The summed E-state index contributed by atoms with van der Waals surface area (Å²) in [4.78, 5) is 14.0. The van der Waals surface area contributed by atoms with Crippen LogP contribution in [0.5, 0.6) is 5.75 Å². The van der Waals surface area contributed by atoms with Gasteiger partial charge in [-0.15, -0.1) is 0 Å². The van der Waals surface area contributed by atoms with Crippen molar-refractivity contribution >= 4 is 46.0 Å². The molecule has 0 radical (unpaired) electrons. The average molecular weight is 381 g/mol. The van der Waals surface area contributed by atoms with Crippen molar-refractivity contribution in [2.45, 2.75) is 6.18 Å². The molecule has 1 saturated heterocycles. The molecule has 0 atom stereocenters. The summed E-state index contributed by atoms with van der Waals surface area (Å²) >= 11 is 6.17. The van der Waals surface area contributed by atoms with Crippen molar-refractivity contribution in [3.63, 3.8) is 0 Å². The Bertz CT molecular complexity index is 876. The maximum absolute atomic E-state index is 12.9. The fraction of sp³-hybridized carbons (Fsp3) is 0.0588. The van der Waals surface area contributed by atoms with E-state index in [0.29, 0.717) is 10.5 Å². The molecule has 8 heteroatoms. The number of benzene rings is 2. The molecule has 128 valence electrons. The lowest BCUT2D eigenvalue weighted by atomic mass is 10.1. The molecule has 0 aromatic heterocycles. The van der Waals surface area contributed by atoms with E-state index in [0.717, 1.165) is 28.8 Å². The Morgan fingerprint density at radius 3 is 2.44 bits per heavy atom. The van der Waals surface area contributed by atoms with Gasteiger partial charge in [0.25, 0.3) is 5.91 Å². The largest absolute Gasteiger partial charge is 0.508 e. The number of nitrogens with zero attached hydrogens (tertiary/aromatic N) is 1. The van der Waals surface area contributed by atoms with Gasteiger partial charge in [-0.1, -0.05) is 42.2 Å². The summed E-state index contributed by atoms with van der Waals surface area (Å²) in [5.74, 6) is -0.393. The fourth-order valence-electron chi connectivity index (χ4n) is 2.23. The van der Waals surface area contributed by atoms with E-state index in [-0.39, 0.29) is 15.8 Å². The summed E-state index contributed by atoms with van der Waals surface area (Å²) in [7, 11) is 0. The minimum absolute atomic E-state index is 0.0754. The smallest absolute Gasteiger partial charge is 0.416 e. The standard InChI is InChI=1S/C17H10F3NO2S2/c18-17(19,20)11-2-1-3-12(9-11)21-15(23)14(25-16(21)24)8-10-4-6-13(22)7-5-10/h1-9,22H/b14-8-. The molecule has 25 heavy (non-hydrogen) atoms. The summed E-state index contributed by atoms with van der Waals surface area (Å²) in [5, 5.41) is 9.28. The molecule has 0 aliphatic carbocycles. The summed E-state index contributed by atoms with van der Waals surface area (Å²) in [6.45, 7) is 0. The Balaban J connectivity index is 1.93. The van der Waals surface area contributed by atoms with Gasteiger partial charge in [0.15, 0.2) is 4.32 Å². The van der Waals surface area contributed by atoms with Crippen molar-refractivity contribution in [1.82, 2.24) is 0 Å². The van der Waals surface area contributed by atoms with Crippen LogP contribution in [0, 0.1) is 0 Å². The molecular weight excluding hydrogens is 371 g/mol. The number of amides is 1. The van der Waals surface area contributed by atoms with Crippen LogP contribution in [-0.2, 0) is 11.0 Å². The molecule has 0 unspecified atom stereocenters. The number of phenolic OH excluding ortho intramolecular Hbond substituents is 1. The molecule has 3 rings (SSSR count). The molecule has 1 heterocycles. The summed E-state index contributed by atoms with van der Waals surface area (Å²) in [6.07, 6.45) is -2.93. The topological polar surface area (TPSA) is 40.5 Å². The van der Waals surface area contributed by atoms with Crippen molar-refractivity contribution in [3.8, 4) is 5.75 Å². The normalized spacial score (nSPS) is 16.8. The molecule has 1 amide bonds. The zero-order chi connectivity index (χ0) is 18.2. The van der Waals surface area contributed by atoms with Crippen molar-refractivity contribution in [2.75, 3.05) is 4.90 Å². The highest BCUT2D eigenvalue weighted by Gasteiger charge is 2.36. The number of hydrogen-bond donors (Lipinski definition) is 1. The zero-order valence-electron chi connectivity index (χ0n) is 12.4. The molecule has 1 aliphatic rings. The second-order valence-electron chi connectivity index (χ2n) is 5.16. The third-order valence-corrected chi connectivity index (χ3v) is 4.72.